The average molecular weight is 437 g/mol. The van der Waals surface area contributed by atoms with Crippen LogP contribution in [0.4, 0.5) is 8.78 Å². The first kappa shape index (κ1) is 21.8. The molecule has 1 atom stereocenters. The first-order valence-corrected chi connectivity index (χ1v) is 10.6. The van der Waals surface area contributed by atoms with E-state index >= 15 is 0 Å². The van der Waals surface area contributed by atoms with Crippen LogP contribution in [0, 0.1) is 6.92 Å². The Morgan fingerprint density at radius 3 is 2.60 bits per heavy atom. The molecule has 0 unspecified atom stereocenters. The van der Waals surface area contributed by atoms with E-state index in [2.05, 4.69) is 14.4 Å². The van der Waals surface area contributed by atoms with E-state index < -0.39 is 28.5 Å². The lowest BCUT2D eigenvalue weighted by Crippen LogP contribution is -2.29. The van der Waals surface area contributed by atoms with E-state index in [9.17, 15) is 22.0 Å². The Morgan fingerprint density at radius 2 is 1.93 bits per heavy atom. The maximum Gasteiger partial charge on any atom is 0.337 e. The first-order valence-electron chi connectivity index (χ1n) is 9.09. The van der Waals surface area contributed by atoms with Crippen molar-refractivity contribution in [2.45, 2.75) is 31.2 Å². The van der Waals surface area contributed by atoms with E-state index in [1.807, 2.05) is 0 Å². The third-order valence-electron chi connectivity index (χ3n) is 4.74. The largest absolute Gasteiger partial charge is 0.465 e. The van der Waals surface area contributed by atoms with E-state index in [0.717, 1.165) is 4.57 Å². The third kappa shape index (κ3) is 4.19. The Bertz CT molecular complexity index is 1190. The summed E-state index contributed by atoms with van der Waals surface area (Å²) in [5, 5.41) is 0. The summed E-state index contributed by atoms with van der Waals surface area (Å²) in [6.45, 7) is 0.237. The molecule has 1 heterocycles. The molecule has 0 amide bonds. The Labute approximate surface area is 172 Å². The van der Waals surface area contributed by atoms with Crippen molar-refractivity contribution in [2.24, 2.45) is 0 Å². The van der Waals surface area contributed by atoms with Gasteiger partial charge in [0.25, 0.3) is 0 Å². The number of rotatable bonds is 7. The molecule has 0 spiro atoms. The Balaban J connectivity index is 1.88. The Hall–Kier alpha value is -2.85. The molecular formula is C20H21F2N3O4S. The quantitative estimate of drug-likeness (QED) is 0.571. The fraction of sp³-hybridized carbons (Fsp3) is 0.300. The van der Waals surface area contributed by atoms with Gasteiger partial charge in [0, 0.05) is 12.5 Å². The van der Waals surface area contributed by atoms with E-state index in [-0.39, 0.29) is 28.3 Å². The number of aromatic nitrogens is 2. The minimum Gasteiger partial charge on any atom is -0.465 e. The molecule has 1 N–H and O–H groups in total. The van der Waals surface area contributed by atoms with Crippen LogP contribution in [0.25, 0.3) is 11.0 Å². The minimum absolute atomic E-state index is 0.0777. The van der Waals surface area contributed by atoms with Gasteiger partial charge in [-0.25, -0.2) is 22.9 Å². The normalized spacial score (nSPS) is 13.0. The van der Waals surface area contributed by atoms with Gasteiger partial charge in [-0.05, 0) is 36.8 Å². The number of nitrogens with zero attached hydrogens (tertiary/aromatic N) is 2. The molecule has 3 aromatic rings. The van der Waals surface area contributed by atoms with Gasteiger partial charge in [0.1, 0.15) is 5.82 Å². The van der Waals surface area contributed by atoms with Crippen LogP contribution in [0.15, 0.2) is 47.4 Å². The van der Waals surface area contributed by atoms with Gasteiger partial charge in [-0.15, -0.1) is 0 Å². The molecule has 0 aliphatic rings. The van der Waals surface area contributed by atoms with Gasteiger partial charge in [0.15, 0.2) is 0 Å². The van der Waals surface area contributed by atoms with Crippen molar-refractivity contribution in [3.8, 4) is 0 Å². The number of nitrogens with one attached hydrogen (secondary N) is 1. The molecule has 0 radical (unpaired) electrons. The molecule has 30 heavy (non-hydrogen) atoms. The van der Waals surface area contributed by atoms with E-state index in [1.165, 1.54) is 31.4 Å². The van der Waals surface area contributed by atoms with Crippen LogP contribution >= 0.6 is 0 Å². The molecule has 10 heteroatoms. The summed E-state index contributed by atoms with van der Waals surface area (Å²) in [6.07, 6.45) is 0. The predicted molar refractivity (Wildman–Crippen MR) is 107 cm³/mol. The number of hydrogen-bond donors (Lipinski definition) is 1. The van der Waals surface area contributed by atoms with E-state index in [0.29, 0.717) is 11.1 Å². The number of methoxy groups -OCH3 is 1. The first-order chi connectivity index (χ1) is 14.2. The van der Waals surface area contributed by atoms with Gasteiger partial charge in [-0.2, -0.15) is 8.78 Å². The summed E-state index contributed by atoms with van der Waals surface area (Å²) in [6, 6.07) is 10.7. The van der Waals surface area contributed by atoms with Crippen molar-refractivity contribution in [3.05, 3.63) is 59.4 Å². The zero-order chi connectivity index (χ0) is 22.1. The summed E-state index contributed by atoms with van der Waals surface area (Å²) < 4.78 is 60.7. The number of aryl methyl sites for hydroxylation is 1. The van der Waals surface area contributed by atoms with E-state index in [4.69, 9.17) is 0 Å². The molecule has 0 saturated carbocycles. The zero-order valence-corrected chi connectivity index (χ0v) is 17.4. The number of halogens is 2. The van der Waals surface area contributed by atoms with E-state index in [1.54, 1.807) is 32.0 Å². The smallest absolute Gasteiger partial charge is 0.337 e. The fourth-order valence-corrected chi connectivity index (χ4v) is 4.55. The summed E-state index contributed by atoms with van der Waals surface area (Å²) in [4.78, 5) is 15.9. The lowest BCUT2D eigenvalue weighted by molar-refractivity contribution is 0.0600. The number of carbonyl (C=O) groups is 1. The molecule has 2 aromatic carbocycles. The zero-order valence-electron chi connectivity index (χ0n) is 16.6. The second-order valence-electron chi connectivity index (χ2n) is 6.83. The second kappa shape index (κ2) is 8.49. The van der Waals surface area contributed by atoms with Crippen LogP contribution < -0.4 is 4.72 Å². The Kier molecular flexibility index (Phi) is 6.18. The molecule has 1 aromatic heterocycles. The van der Waals surface area contributed by atoms with Gasteiger partial charge in [-0.1, -0.05) is 25.1 Å². The minimum atomic E-state index is -4.00. The number of ether oxygens (including phenoxy) is 1. The van der Waals surface area contributed by atoms with Crippen molar-refractivity contribution >= 4 is 27.0 Å². The third-order valence-corrected chi connectivity index (χ3v) is 6.30. The summed E-state index contributed by atoms with van der Waals surface area (Å²) in [5.41, 5.74) is 1.21. The van der Waals surface area contributed by atoms with Crippen LogP contribution in [0.1, 0.15) is 41.1 Å². The highest BCUT2D eigenvalue weighted by Gasteiger charge is 2.25. The second-order valence-corrected chi connectivity index (χ2v) is 8.57. The Morgan fingerprint density at radius 1 is 1.23 bits per heavy atom. The van der Waals surface area contributed by atoms with Gasteiger partial charge >= 0.3 is 12.5 Å². The van der Waals surface area contributed by atoms with Crippen LogP contribution in [-0.2, 0) is 14.8 Å². The van der Waals surface area contributed by atoms with Crippen LogP contribution in [0.5, 0.6) is 0 Å². The van der Waals surface area contributed by atoms with Crippen molar-refractivity contribution < 1.29 is 26.7 Å². The van der Waals surface area contributed by atoms with Gasteiger partial charge in [-0.3, -0.25) is 4.57 Å². The molecule has 3 rings (SSSR count). The fourth-order valence-electron chi connectivity index (χ4n) is 3.15. The average Bonchev–Trinajstić information content (AvgIpc) is 3.11. The van der Waals surface area contributed by atoms with Crippen molar-refractivity contribution in [1.29, 1.82) is 0 Å². The topological polar surface area (TPSA) is 90.3 Å². The number of hydrogen-bond acceptors (Lipinski definition) is 5. The molecular weight excluding hydrogens is 416 g/mol. The van der Waals surface area contributed by atoms with Gasteiger partial charge < -0.3 is 4.74 Å². The number of alkyl halides is 2. The summed E-state index contributed by atoms with van der Waals surface area (Å²) >= 11 is 0. The van der Waals surface area contributed by atoms with Gasteiger partial charge in [0.2, 0.25) is 10.0 Å². The number of imidazole rings is 1. The number of sulfonamides is 1. The maximum absolute atomic E-state index is 13.6. The number of para-hydroxylation sites is 2. The standard InChI is InChI=1S/C20H21F2N3O4S/c1-12-8-9-14(19(26)29-3)10-17(12)30(27,28)23-11-13(2)18-24-15-6-4-5-7-16(15)25(18)20(21)22/h4-10,13,20,23H,11H2,1-3H3/t13-/m0/s1. The molecule has 0 bridgehead atoms. The number of carbonyl (C=O) groups excluding carboxylic acids is 1. The highest BCUT2D eigenvalue weighted by atomic mass is 32.2. The highest BCUT2D eigenvalue weighted by Crippen LogP contribution is 2.27. The maximum atomic E-state index is 13.6. The summed E-state index contributed by atoms with van der Waals surface area (Å²) in [5.74, 6) is -1.22. The summed E-state index contributed by atoms with van der Waals surface area (Å²) in [7, 11) is -2.80. The number of fused-ring (bicyclic) bond motifs is 1. The van der Waals surface area contributed by atoms with Crippen LogP contribution in [0.2, 0.25) is 0 Å². The lowest BCUT2D eigenvalue weighted by Gasteiger charge is -2.16. The van der Waals surface area contributed by atoms with Crippen molar-refractivity contribution in [3.63, 3.8) is 0 Å². The molecule has 0 aliphatic heterocycles. The number of esters is 1. The van der Waals surface area contributed by atoms with Crippen LogP contribution in [0.3, 0.4) is 0 Å². The molecule has 7 nitrogen and oxygen atoms in total. The number of benzene rings is 2. The van der Waals surface area contributed by atoms with Crippen LogP contribution in [-0.4, -0.2) is 37.6 Å². The van der Waals surface area contributed by atoms with Crippen molar-refractivity contribution in [1.82, 2.24) is 14.3 Å². The SMILES string of the molecule is COC(=O)c1ccc(C)c(S(=O)(=O)NC[C@H](C)c2nc3ccccc3n2C(F)F)c1. The molecule has 160 valence electrons. The van der Waals surface area contributed by atoms with Gasteiger partial charge in [0.05, 0.1) is 28.6 Å². The molecule has 0 saturated heterocycles. The lowest BCUT2D eigenvalue weighted by atomic mass is 10.1. The van der Waals surface area contributed by atoms with Crippen molar-refractivity contribution in [2.75, 3.05) is 13.7 Å². The monoisotopic (exact) mass is 437 g/mol. The molecule has 0 aliphatic carbocycles. The predicted octanol–water partition coefficient (Wildman–Crippen LogP) is 3.61. The highest BCUT2D eigenvalue weighted by molar-refractivity contribution is 7.89. The molecule has 0 fully saturated rings.